The van der Waals surface area contributed by atoms with Crippen LogP contribution in [-0.2, 0) is 9.59 Å². The van der Waals surface area contributed by atoms with Crippen molar-refractivity contribution in [3.63, 3.8) is 0 Å². The average molecular weight is 477 g/mol. The first-order chi connectivity index (χ1) is 15.4. The number of carbonyl (C=O) groups excluding carboxylic acids is 2. The van der Waals surface area contributed by atoms with Crippen molar-refractivity contribution in [3.8, 4) is 0 Å². The number of aromatic nitrogens is 1. The molecule has 0 aliphatic heterocycles. The van der Waals surface area contributed by atoms with Gasteiger partial charge in [-0.2, -0.15) is 0 Å². The molecule has 6 nitrogen and oxygen atoms in total. The van der Waals surface area contributed by atoms with Gasteiger partial charge < -0.3 is 10.6 Å². The normalized spacial score (nSPS) is 16.2. The molecule has 0 radical (unpaired) electrons. The summed E-state index contributed by atoms with van der Waals surface area (Å²) < 4.78 is 0. The van der Waals surface area contributed by atoms with Gasteiger partial charge in [-0.1, -0.05) is 43.7 Å². The first kappa shape index (κ1) is 24.5. The summed E-state index contributed by atoms with van der Waals surface area (Å²) in [4.78, 5) is 32.1. The largest absolute Gasteiger partial charge is 0.376 e. The van der Waals surface area contributed by atoms with E-state index in [4.69, 9.17) is 11.6 Å². The maximum absolute atomic E-state index is 12.9. The fourth-order valence-electron chi connectivity index (χ4n) is 4.33. The quantitative estimate of drug-likeness (QED) is 0.430. The van der Waals surface area contributed by atoms with Crippen LogP contribution in [0.25, 0.3) is 0 Å². The van der Waals surface area contributed by atoms with Crippen molar-refractivity contribution in [2.45, 2.75) is 71.4 Å². The van der Waals surface area contributed by atoms with Crippen LogP contribution >= 0.6 is 22.9 Å². The molecule has 2 N–H and O–H groups in total. The number of nitrogens with zero attached hydrogens (tertiary/aromatic N) is 2. The minimum absolute atomic E-state index is 0.00230. The number of thiophene rings is 1. The molecule has 2 atom stereocenters. The van der Waals surface area contributed by atoms with Crippen LogP contribution in [0.5, 0.6) is 0 Å². The SMILES string of the molecule is CCNC(=O)[C@H](CC1CCCCC1)N(C=O)c1ccc([C@H](C)Nc2cc(Cl)cnc2C)s1. The third-order valence-electron chi connectivity index (χ3n) is 6.10. The molecule has 2 aromatic heterocycles. The number of nitrogens with one attached hydrogen (secondary N) is 2. The van der Waals surface area contributed by atoms with E-state index in [0.29, 0.717) is 23.9 Å². The van der Waals surface area contributed by atoms with Gasteiger partial charge in [0, 0.05) is 17.6 Å². The van der Waals surface area contributed by atoms with E-state index < -0.39 is 6.04 Å². The van der Waals surface area contributed by atoms with Gasteiger partial charge in [0.2, 0.25) is 12.3 Å². The standard InChI is InChI=1S/C24H33ClN4O2S/c1-4-26-24(31)21(12-18-8-6-5-7-9-18)29(15-30)23-11-10-22(32-23)17(3)28-20-13-19(25)14-27-16(20)2/h10-11,13-15,17-18,21,28H,4-9,12H2,1-3H3,(H,26,31)/t17-,21-/m0/s1. The molecular formula is C24H33ClN4O2S. The van der Waals surface area contributed by atoms with E-state index in [2.05, 4.69) is 22.5 Å². The second-order valence-corrected chi connectivity index (χ2v) is 10.0. The van der Waals surface area contributed by atoms with E-state index in [1.165, 1.54) is 30.6 Å². The van der Waals surface area contributed by atoms with E-state index in [9.17, 15) is 9.59 Å². The van der Waals surface area contributed by atoms with E-state index >= 15 is 0 Å². The van der Waals surface area contributed by atoms with Crippen LogP contribution in [0.15, 0.2) is 24.4 Å². The Balaban J connectivity index is 1.78. The zero-order valence-electron chi connectivity index (χ0n) is 19.1. The summed E-state index contributed by atoms with van der Waals surface area (Å²) in [7, 11) is 0. The molecule has 0 spiro atoms. The summed E-state index contributed by atoms with van der Waals surface area (Å²) in [5.41, 5.74) is 1.75. The molecule has 1 fully saturated rings. The molecule has 2 aromatic rings. The predicted octanol–water partition coefficient (Wildman–Crippen LogP) is 5.72. The molecule has 1 aliphatic carbocycles. The Morgan fingerprint density at radius 3 is 2.78 bits per heavy atom. The van der Waals surface area contributed by atoms with Gasteiger partial charge in [-0.3, -0.25) is 19.5 Å². The fraction of sp³-hybridized carbons (Fsp3) is 0.542. The fourth-order valence-corrected chi connectivity index (χ4v) is 5.51. The number of halogens is 1. The van der Waals surface area contributed by atoms with Crippen LogP contribution in [0.2, 0.25) is 5.02 Å². The van der Waals surface area contributed by atoms with Crippen molar-refractivity contribution in [1.29, 1.82) is 0 Å². The lowest BCUT2D eigenvalue weighted by atomic mass is 9.84. The number of aryl methyl sites for hydroxylation is 1. The summed E-state index contributed by atoms with van der Waals surface area (Å²) >= 11 is 7.63. The average Bonchev–Trinajstić information content (AvgIpc) is 3.27. The molecule has 0 saturated heterocycles. The molecule has 2 heterocycles. The zero-order valence-corrected chi connectivity index (χ0v) is 20.6. The van der Waals surface area contributed by atoms with E-state index in [1.807, 2.05) is 32.0 Å². The smallest absolute Gasteiger partial charge is 0.243 e. The minimum atomic E-state index is -0.482. The Morgan fingerprint density at radius 1 is 1.34 bits per heavy atom. The third-order valence-corrected chi connectivity index (χ3v) is 7.59. The number of amides is 2. The van der Waals surface area contributed by atoms with Crippen molar-refractivity contribution in [2.24, 2.45) is 5.92 Å². The van der Waals surface area contributed by atoms with Gasteiger partial charge in [-0.05, 0) is 51.3 Å². The zero-order chi connectivity index (χ0) is 23.1. The Bertz CT molecular complexity index is 913. The number of likely N-dealkylation sites (N-methyl/N-ethyl adjacent to an activating group) is 1. The lowest BCUT2D eigenvalue weighted by Crippen LogP contribution is -2.47. The predicted molar refractivity (Wildman–Crippen MR) is 133 cm³/mol. The molecule has 0 aromatic carbocycles. The molecule has 8 heteroatoms. The lowest BCUT2D eigenvalue weighted by molar-refractivity contribution is -0.124. The Labute approximate surface area is 199 Å². The number of rotatable bonds is 10. The maximum Gasteiger partial charge on any atom is 0.243 e. The number of hydrogen-bond donors (Lipinski definition) is 2. The highest BCUT2D eigenvalue weighted by molar-refractivity contribution is 7.16. The minimum Gasteiger partial charge on any atom is -0.376 e. The molecule has 32 heavy (non-hydrogen) atoms. The second-order valence-electron chi connectivity index (χ2n) is 8.49. The van der Waals surface area contributed by atoms with Gasteiger partial charge in [-0.15, -0.1) is 11.3 Å². The van der Waals surface area contributed by atoms with E-state index in [0.717, 1.165) is 40.5 Å². The lowest BCUT2D eigenvalue weighted by Gasteiger charge is -2.31. The number of pyridine rings is 1. The van der Waals surface area contributed by atoms with Gasteiger partial charge in [0.25, 0.3) is 0 Å². The van der Waals surface area contributed by atoms with Gasteiger partial charge in [0.1, 0.15) is 6.04 Å². The van der Waals surface area contributed by atoms with Crippen molar-refractivity contribution >= 4 is 45.9 Å². The molecule has 2 amide bonds. The number of hydrogen-bond acceptors (Lipinski definition) is 5. The highest BCUT2D eigenvalue weighted by Crippen LogP contribution is 2.35. The van der Waals surface area contributed by atoms with Gasteiger partial charge in [-0.25, -0.2) is 0 Å². The maximum atomic E-state index is 12.9. The Hall–Kier alpha value is -2.12. The summed E-state index contributed by atoms with van der Waals surface area (Å²) in [5.74, 6) is 0.407. The Kier molecular flexibility index (Phi) is 8.93. The topological polar surface area (TPSA) is 74.3 Å². The van der Waals surface area contributed by atoms with Crippen LogP contribution in [-0.4, -0.2) is 29.9 Å². The highest BCUT2D eigenvalue weighted by Gasteiger charge is 2.30. The van der Waals surface area contributed by atoms with E-state index in [1.54, 1.807) is 11.1 Å². The van der Waals surface area contributed by atoms with Crippen LogP contribution in [0.1, 0.15) is 69.0 Å². The van der Waals surface area contributed by atoms with Gasteiger partial charge in [0.05, 0.1) is 27.4 Å². The summed E-state index contributed by atoms with van der Waals surface area (Å²) in [6.07, 6.45) is 9.08. The van der Waals surface area contributed by atoms with Gasteiger partial charge in [0.15, 0.2) is 0 Å². The second kappa shape index (κ2) is 11.7. The molecule has 174 valence electrons. The third kappa shape index (κ3) is 6.23. The van der Waals surface area contributed by atoms with Crippen LogP contribution < -0.4 is 15.5 Å². The van der Waals surface area contributed by atoms with Crippen molar-refractivity contribution in [3.05, 3.63) is 40.0 Å². The number of carbonyl (C=O) groups is 2. The van der Waals surface area contributed by atoms with E-state index in [-0.39, 0.29) is 11.9 Å². The molecule has 0 bridgehead atoms. The Morgan fingerprint density at radius 2 is 2.09 bits per heavy atom. The number of anilines is 2. The summed E-state index contributed by atoms with van der Waals surface area (Å²) in [5, 5.41) is 7.75. The monoisotopic (exact) mass is 476 g/mol. The molecule has 0 unspecified atom stereocenters. The first-order valence-corrected chi connectivity index (χ1v) is 12.6. The van der Waals surface area contributed by atoms with Gasteiger partial charge >= 0.3 is 0 Å². The molecular weight excluding hydrogens is 444 g/mol. The van der Waals surface area contributed by atoms with Crippen LogP contribution in [0, 0.1) is 12.8 Å². The first-order valence-electron chi connectivity index (χ1n) is 11.4. The van der Waals surface area contributed by atoms with Crippen molar-refractivity contribution in [1.82, 2.24) is 10.3 Å². The highest BCUT2D eigenvalue weighted by atomic mass is 35.5. The van der Waals surface area contributed by atoms with Crippen molar-refractivity contribution in [2.75, 3.05) is 16.8 Å². The summed E-state index contributed by atoms with van der Waals surface area (Å²) in [6, 6.07) is 5.33. The molecule has 1 aliphatic rings. The van der Waals surface area contributed by atoms with Crippen LogP contribution in [0.3, 0.4) is 0 Å². The van der Waals surface area contributed by atoms with Crippen LogP contribution in [0.4, 0.5) is 10.7 Å². The molecule has 1 saturated carbocycles. The molecule has 3 rings (SSSR count). The van der Waals surface area contributed by atoms with Crippen molar-refractivity contribution < 1.29 is 9.59 Å². The summed E-state index contributed by atoms with van der Waals surface area (Å²) in [6.45, 7) is 6.45.